The van der Waals surface area contributed by atoms with Gasteiger partial charge in [-0.2, -0.15) is 0 Å². The summed E-state index contributed by atoms with van der Waals surface area (Å²) in [4.78, 5) is 69.7. The molecule has 2 aromatic carbocycles. The largest absolute Gasteiger partial charge is 0.504 e. The number of benzene rings is 2. The Morgan fingerprint density at radius 2 is 1.76 bits per heavy atom. The van der Waals surface area contributed by atoms with E-state index in [0.29, 0.717) is 40.5 Å². The van der Waals surface area contributed by atoms with Crippen molar-refractivity contribution in [2.24, 2.45) is 29.1 Å². The average molecular weight is 727 g/mol. The van der Waals surface area contributed by atoms with Crippen LogP contribution in [0.15, 0.2) is 54.1 Å². The lowest BCUT2D eigenvalue weighted by Gasteiger charge is -2.49. The fourth-order valence-electron chi connectivity index (χ4n) is 8.14. The highest BCUT2D eigenvalue weighted by atomic mass is 127. The number of hydrogen-bond acceptors (Lipinski definition) is 7. The van der Waals surface area contributed by atoms with Crippen LogP contribution in [-0.2, 0) is 24.0 Å². The van der Waals surface area contributed by atoms with Gasteiger partial charge >= 0.3 is 5.97 Å². The Balaban J connectivity index is 1.41. The molecule has 45 heavy (non-hydrogen) atoms. The Morgan fingerprint density at radius 1 is 1.02 bits per heavy atom. The van der Waals surface area contributed by atoms with Gasteiger partial charge in [0.2, 0.25) is 23.6 Å². The maximum absolute atomic E-state index is 14.5. The molecule has 0 aromatic heterocycles. The second kappa shape index (κ2) is 11.9. The molecule has 2 heterocycles. The molecule has 0 bridgehead atoms. The van der Waals surface area contributed by atoms with Crippen LogP contribution in [0.3, 0.4) is 0 Å². The number of likely N-dealkylation sites (tertiary alicyclic amines) is 1. The molecule has 2 aliphatic carbocycles. The Bertz CT molecular complexity index is 1620. The number of halogens is 1. The number of phenols is 1. The van der Waals surface area contributed by atoms with E-state index in [9.17, 15) is 29.1 Å². The maximum atomic E-state index is 14.5. The smallest absolute Gasteiger partial charge is 0.303 e. The standard InChI is InChI=1S/C34H35IN2O8/c1-34-23(31(42)37(33(34)44)19-9-5-3-6-10-19)17-22-20(28(34)18-15-24(35)29(40)25(16-18)45-2)12-13-21-27(22)32(43)36(30(21)41)14-8-4-7-11-26(38)39/h3,5-6,9-10,12,15-16,21-23,27-28,40H,4,7-8,11,13-14,17H2,1-2H3,(H,38,39)/t21-,22+,23-,27-,28-,34+/m0/s1. The summed E-state index contributed by atoms with van der Waals surface area (Å²) in [6, 6.07) is 12.3. The van der Waals surface area contributed by atoms with E-state index in [0.717, 1.165) is 5.57 Å². The number of unbranched alkanes of at least 4 members (excludes halogenated alkanes) is 2. The van der Waals surface area contributed by atoms with Crippen molar-refractivity contribution in [1.29, 1.82) is 0 Å². The Labute approximate surface area is 274 Å². The van der Waals surface area contributed by atoms with E-state index in [1.807, 2.05) is 41.7 Å². The van der Waals surface area contributed by atoms with Gasteiger partial charge in [0.15, 0.2) is 11.5 Å². The molecule has 2 aliphatic heterocycles. The first-order chi connectivity index (χ1) is 21.5. The predicted molar refractivity (Wildman–Crippen MR) is 171 cm³/mol. The summed E-state index contributed by atoms with van der Waals surface area (Å²) in [5.41, 5.74) is 0.844. The molecule has 0 radical (unpaired) electrons. The first-order valence-corrected chi connectivity index (χ1v) is 16.3. The van der Waals surface area contributed by atoms with Crippen LogP contribution >= 0.6 is 22.6 Å². The minimum Gasteiger partial charge on any atom is -0.504 e. The monoisotopic (exact) mass is 726 g/mol. The van der Waals surface area contributed by atoms with Gasteiger partial charge in [-0.05, 0) is 90.9 Å². The van der Waals surface area contributed by atoms with E-state index in [2.05, 4.69) is 0 Å². The van der Waals surface area contributed by atoms with Crippen molar-refractivity contribution < 1.29 is 38.9 Å². The molecule has 2 N–H and O–H groups in total. The first-order valence-electron chi connectivity index (χ1n) is 15.3. The Morgan fingerprint density at radius 3 is 2.44 bits per heavy atom. The minimum atomic E-state index is -1.19. The number of hydrogen-bond donors (Lipinski definition) is 2. The number of anilines is 1. The SMILES string of the molecule is COc1cc([C@H]2C3=CC[C@@H]4C(=O)N(CCCCCC(=O)O)C(=O)[C@@H]4[C@@H]3C[C@H]3C(=O)N(c4ccccc4)C(=O)[C@@]23C)cc(I)c1O. The number of carboxylic acid groups (broad SMARTS) is 1. The summed E-state index contributed by atoms with van der Waals surface area (Å²) in [6.07, 6.45) is 4.20. The summed E-state index contributed by atoms with van der Waals surface area (Å²) < 4.78 is 6.01. The van der Waals surface area contributed by atoms with Crippen LogP contribution in [0.2, 0.25) is 0 Å². The van der Waals surface area contributed by atoms with Crippen LogP contribution in [0.1, 0.15) is 56.9 Å². The summed E-state index contributed by atoms with van der Waals surface area (Å²) in [6.45, 7) is 2.05. The van der Waals surface area contributed by atoms with Crippen molar-refractivity contribution in [3.05, 3.63) is 63.2 Å². The van der Waals surface area contributed by atoms with Crippen LogP contribution in [-0.4, -0.2) is 58.4 Å². The summed E-state index contributed by atoms with van der Waals surface area (Å²) in [7, 11) is 1.45. The van der Waals surface area contributed by atoms with Gasteiger partial charge in [0.25, 0.3) is 0 Å². The molecule has 4 amide bonds. The second-order valence-corrected chi connectivity index (χ2v) is 13.7. The van der Waals surface area contributed by atoms with E-state index >= 15 is 0 Å². The fraction of sp³-hybridized carbons (Fsp3) is 0.441. The van der Waals surface area contributed by atoms with E-state index in [1.54, 1.807) is 36.4 Å². The van der Waals surface area contributed by atoms with Gasteiger partial charge in [-0.3, -0.25) is 28.9 Å². The Hall–Kier alpha value is -3.74. The van der Waals surface area contributed by atoms with Crippen LogP contribution in [0.25, 0.3) is 0 Å². The minimum absolute atomic E-state index is 0.0242. The number of carbonyl (C=O) groups excluding carboxylic acids is 4. The number of ether oxygens (including phenoxy) is 1. The average Bonchev–Trinajstić information content (AvgIpc) is 3.38. The number of nitrogens with zero attached hydrogens (tertiary/aromatic N) is 2. The third kappa shape index (κ3) is 4.94. The van der Waals surface area contributed by atoms with Crippen molar-refractivity contribution in [2.75, 3.05) is 18.6 Å². The van der Waals surface area contributed by atoms with Crippen LogP contribution < -0.4 is 9.64 Å². The van der Waals surface area contributed by atoms with Crippen molar-refractivity contribution in [2.45, 2.75) is 51.4 Å². The number of amides is 4. The van der Waals surface area contributed by atoms with Crippen molar-refractivity contribution in [1.82, 2.24) is 4.90 Å². The summed E-state index contributed by atoms with van der Waals surface area (Å²) in [5.74, 6) is -4.82. The quantitative estimate of drug-likeness (QED) is 0.161. The van der Waals surface area contributed by atoms with Crippen LogP contribution in [0.5, 0.6) is 11.5 Å². The maximum Gasteiger partial charge on any atom is 0.303 e. The van der Waals surface area contributed by atoms with Gasteiger partial charge in [0.05, 0.1) is 39.5 Å². The van der Waals surface area contributed by atoms with E-state index in [4.69, 9.17) is 9.84 Å². The number of phenolic OH excluding ortho intramolecular Hbond substituents is 1. The van der Waals surface area contributed by atoms with Crippen molar-refractivity contribution >= 4 is 57.9 Å². The number of aliphatic carboxylic acids is 1. The van der Waals surface area contributed by atoms with Crippen molar-refractivity contribution in [3.8, 4) is 11.5 Å². The van der Waals surface area contributed by atoms with E-state index < -0.39 is 41.0 Å². The third-order valence-corrected chi connectivity index (χ3v) is 11.1. The molecule has 1 saturated carbocycles. The molecule has 2 saturated heterocycles. The molecule has 3 fully saturated rings. The number of methoxy groups -OCH3 is 1. The number of carboxylic acids is 1. The number of allylic oxidation sites excluding steroid dienone is 2. The number of para-hydroxylation sites is 1. The normalized spacial score (nSPS) is 29.0. The summed E-state index contributed by atoms with van der Waals surface area (Å²) >= 11 is 2.02. The summed E-state index contributed by atoms with van der Waals surface area (Å²) in [5, 5.41) is 19.6. The molecule has 4 aliphatic rings. The molecule has 236 valence electrons. The molecular formula is C34H35IN2O8. The Kier molecular flexibility index (Phi) is 8.25. The van der Waals surface area contributed by atoms with E-state index in [1.165, 1.54) is 16.9 Å². The van der Waals surface area contributed by atoms with Gasteiger partial charge < -0.3 is 14.9 Å². The van der Waals surface area contributed by atoms with Crippen LogP contribution in [0, 0.1) is 32.7 Å². The lowest BCUT2D eigenvalue weighted by molar-refractivity contribution is -0.141. The number of aromatic hydroxyl groups is 1. The fourth-order valence-corrected chi connectivity index (χ4v) is 8.77. The third-order valence-electron chi connectivity index (χ3n) is 10.3. The lowest BCUT2D eigenvalue weighted by atomic mass is 9.51. The number of imide groups is 2. The molecule has 6 atom stereocenters. The first kappa shape index (κ1) is 31.3. The van der Waals surface area contributed by atoms with E-state index in [-0.39, 0.29) is 54.5 Å². The molecule has 0 spiro atoms. The van der Waals surface area contributed by atoms with Gasteiger partial charge in [0.1, 0.15) is 0 Å². The molecule has 2 aromatic rings. The van der Waals surface area contributed by atoms with Gasteiger partial charge in [-0.15, -0.1) is 0 Å². The van der Waals surface area contributed by atoms with Crippen molar-refractivity contribution in [3.63, 3.8) is 0 Å². The molecule has 10 nitrogen and oxygen atoms in total. The van der Waals surface area contributed by atoms with Gasteiger partial charge in [-0.25, -0.2) is 4.90 Å². The predicted octanol–water partition coefficient (Wildman–Crippen LogP) is 4.88. The highest BCUT2D eigenvalue weighted by Gasteiger charge is 2.67. The number of fused-ring (bicyclic) bond motifs is 4. The molecule has 0 unspecified atom stereocenters. The topological polar surface area (TPSA) is 142 Å². The highest BCUT2D eigenvalue weighted by Crippen LogP contribution is 2.64. The van der Waals surface area contributed by atoms with Crippen LogP contribution in [0.4, 0.5) is 5.69 Å². The number of rotatable bonds is 9. The lowest BCUT2D eigenvalue weighted by Crippen LogP contribution is -2.48. The zero-order chi connectivity index (χ0) is 32.2. The second-order valence-electron chi connectivity index (χ2n) is 12.6. The molecule has 11 heteroatoms. The number of carbonyl (C=O) groups is 5. The van der Waals surface area contributed by atoms with Gasteiger partial charge in [-0.1, -0.05) is 36.3 Å². The highest BCUT2D eigenvalue weighted by molar-refractivity contribution is 14.1. The van der Waals surface area contributed by atoms with Gasteiger partial charge in [0, 0.05) is 18.9 Å². The molecule has 6 rings (SSSR count). The zero-order valence-corrected chi connectivity index (χ0v) is 27.2. The molecular weight excluding hydrogens is 691 g/mol. The zero-order valence-electron chi connectivity index (χ0n) is 25.1.